The molecule has 3 heterocycles. The van der Waals surface area contributed by atoms with E-state index in [1.54, 1.807) is 14.2 Å². The smallest absolute Gasteiger partial charge is 0.256 e. The Kier molecular flexibility index (Phi) is 4.38. The molecule has 2 aromatic heterocycles. The number of hydrogen-bond acceptors (Lipinski definition) is 5. The van der Waals surface area contributed by atoms with Gasteiger partial charge >= 0.3 is 0 Å². The molecule has 1 saturated carbocycles. The lowest BCUT2D eigenvalue weighted by Crippen LogP contribution is -2.30. The van der Waals surface area contributed by atoms with Crippen LogP contribution in [0.2, 0.25) is 0 Å². The third-order valence-electron chi connectivity index (χ3n) is 6.04. The molecule has 0 spiro atoms. The number of fused-ring (bicyclic) bond motifs is 2. The molecule has 1 aliphatic carbocycles. The van der Waals surface area contributed by atoms with E-state index in [0.717, 1.165) is 33.6 Å². The van der Waals surface area contributed by atoms with E-state index < -0.39 is 0 Å². The van der Waals surface area contributed by atoms with Gasteiger partial charge in [-0.15, -0.1) is 0 Å². The standard InChI is InChI=1S/C24H25N3O3/c1-13(2)27-12-22-19(24(27)28)10-18(23(26-22)30-4)21-11-16(14-5-6-14)17-9-15(29-3)7-8-20(17)25-21/h7-11,13-14H,5-6,12H2,1-4H3. The molecule has 6 heteroatoms. The number of aromatic nitrogens is 2. The monoisotopic (exact) mass is 403 g/mol. The molecule has 3 aromatic rings. The summed E-state index contributed by atoms with van der Waals surface area (Å²) in [7, 11) is 3.29. The van der Waals surface area contributed by atoms with Gasteiger partial charge in [-0.2, -0.15) is 0 Å². The molecule has 0 unspecified atom stereocenters. The molecule has 1 aliphatic heterocycles. The van der Waals surface area contributed by atoms with E-state index in [2.05, 4.69) is 17.1 Å². The lowest BCUT2D eigenvalue weighted by molar-refractivity contribution is 0.0730. The van der Waals surface area contributed by atoms with Crippen LogP contribution in [-0.4, -0.2) is 41.0 Å². The molecule has 0 saturated heterocycles. The lowest BCUT2D eigenvalue weighted by Gasteiger charge is -2.19. The Morgan fingerprint density at radius 2 is 1.83 bits per heavy atom. The van der Waals surface area contributed by atoms with Crippen molar-refractivity contribution in [3.8, 4) is 22.9 Å². The number of rotatable bonds is 5. The van der Waals surface area contributed by atoms with Gasteiger partial charge in [0.15, 0.2) is 0 Å². The largest absolute Gasteiger partial charge is 0.497 e. The maximum absolute atomic E-state index is 12.9. The SMILES string of the molecule is COc1ccc2nc(-c3cc4c(nc3OC)CN(C(C)C)C4=O)cc(C3CC3)c2c1. The van der Waals surface area contributed by atoms with Gasteiger partial charge in [0.1, 0.15) is 5.75 Å². The fourth-order valence-electron chi connectivity index (χ4n) is 4.21. The summed E-state index contributed by atoms with van der Waals surface area (Å²) in [6.07, 6.45) is 2.36. The molecular formula is C24H25N3O3. The van der Waals surface area contributed by atoms with Crippen molar-refractivity contribution in [3.63, 3.8) is 0 Å². The highest BCUT2D eigenvalue weighted by atomic mass is 16.5. The number of pyridine rings is 2. The van der Waals surface area contributed by atoms with Crippen LogP contribution in [0.5, 0.6) is 11.6 Å². The minimum atomic E-state index is 0.0179. The van der Waals surface area contributed by atoms with Gasteiger partial charge in [0, 0.05) is 11.4 Å². The van der Waals surface area contributed by atoms with Crippen LogP contribution in [0.15, 0.2) is 30.3 Å². The second-order valence-corrected chi connectivity index (χ2v) is 8.32. The van der Waals surface area contributed by atoms with Crippen LogP contribution in [0.25, 0.3) is 22.2 Å². The summed E-state index contributed by atoms with van der Waals surface area (Å²) in [5.74, 6) is 1.89. The van der Waals surface area contributed by atoms with Gasteiger partial charge in [-0.1, -0.05) is 0 Å². The predicted molar refractivity (Wildman–Crippen MR) is 115 cm³/mol. The van der Waals surface area contributed by atoms with Crippen molar-refractivity contribution < 1.29 is 14.3 Å². The van der Waals surface area contributed by atoms with Gasteiger partial charge in [0.25, 0.3) is 5.91 Å². The molecular weight excluding hydrogens is 378 g/mol. The number of carbonyl (C=O) groups is 1. The van der Waals surface area contributed by atoms with Crippen molar-refractivity contribution >= 4 is 16.8 Å². The van der Waals surface area contributed by atoms with E-state index in [0.29, 0.717) is 23.9 Å². The molecule has 0 radical (unpaired) electrons. The maximum Gasteiger partial charge on any atom is 0.256 e. The van der Waals surface area contributed by atoms with E-state index in [9.17, 15) is 4.79 Å². The summed E-state index contributed by atoms with van der Waals surface area (Å²) >= 11 is 0. The highest BCUT2D eigenvalue weighted by molar-refractivity contribution is 5.99. The van der Waals surface area contributed by atoms with Crippen LogP contribution in [0, 0.1) is 0 Å². The van der Waals surface area contributed by atoms with E-state index in [4.69, 9.17) is 14.5 Å². The molecule has 1 aromatic carbocycles. The normalized spacial score (nSPS) is 15.8. The Morgan fingerprint density at radius 1 is 1.03 bits per heavy atom. The first-order chi connectivity index (χ1) is 14.5. The maximum atomic E-state index is 12.9. The van der Waals surface area contributed by atoms with Crippen LogP contribution in [0.4, 0.5) is 0 Å². The van der Waals surface area contributed by atoms with Gasteiger partial charge in [-0.3, -0.25) is 4.79 Å². The summed E-state index contributed by atoms with van der Waals surface area (Å²) in [6.45, 7) is 4.55. The highest BCUT2D eigenvalue weighted by Crippen LogP contribution is 2.45. The van der Waals surface area contributed by atoms with Crippen LogP contribution >= 0.6 is 0 Å². The van der Waals surface area contributed by atoms with Gasteiger partial charge in [0.2, 0.25) is 5.88 Å². The first-order valence-corrected chi connectivity index (χ1v) is 10.4. The second kappa shape index (κ2) is 6.97. The zero-order valence-corrected chi connectivity index (χ0v) is 17.7. The van der Waals surface area contributed by atoms with Crippen LogP contribution in [0.3, 0.4) is 0 Å². The highest BCUT2D eigenvalue weighted by Gasteiger charge is 2.33. The van der Waals surface area contributed by atoms with Crippen molar-refractivity contribution in [2.24, 2.45) is 0 Å². The average molecular weight is 403 g/mol. The quantitative estimate of drug-likeness (QED) is 0.625. The van der Waals surface area contributed by atoms with Crippen molar-refractivity contribution in [3.05, 3.63) is 47.2 Å². The zero-order valence-electron chi connectivity index (χ0n) is 17.7. The first-order valence-electron chi connectivity index (χ1n) is 10.4. The number of hydrogen-bond donors (Lipinski definition) is 0. The van der Waals surface area contributed by atoms with E-state index >= 15 is 0 Å². The molecule has 0 atom stereocenters. The third kappa shape index (κ3) is 2.98. The van der Waals surface area contributed by atoms with Gasteiger partial charge in [0.05, 0.1) is 48.8 Å². The van der Waals surface area contributed by atoms with Crippen LogP contribution < -0.4 is 9.47 Å². The molecule has 1 amide bonds. The summed E-state index contributed by atoms with van der Waals surface area (Å²) in [4.78, 5) is 24.3. The van der Waals surface area contributed by atoms with Crippen LogP contribution in [0.1, 0.15) is 54.2 Å². The molecule has 154 valence electrons. The summed E-state index contributed by atoms with van der Waals surface area (Å²) in [5.41, 5.74) is 5.14. The summed E-state index contributed by atoms with van der Waals surface area (Å²) in [5, 5.41) is 1.12. The summed E-state index contributed by atoms with van der Waals surface area (Å²) < 4.78 is 11.0. The molecule has 0 bridgehead atoms. The second-order valence-electron chi connectivity index (χ2n) is 8.32. The number of ether oxygens (including phenoxy) is 2. The number of methoxy groups -OCH3 is 2. The fourth-order valence-corrected chi connectivity index (χ4v) is 4.21. The van der Waals surface area contributed by atoms with E-state index in [1.807, 2.05) is 36.9 Å². The summed E-state index contributed by atoms with van der Waals surface area (Å²) in [6, 6.07) is 10.1. The number of carbonyl (C=O) groups excluding carboxylic acids is 1. The first kappa shape index (κ1) is 18.9. The molecule has 5 rings (SSSR count). The zero-order chi connectivity index (χ0) is 21.0. The number of benzene rings is 1. The Bertz CT molecular complexity index is 1170. The molecule has 6 nitrogen and oxygen atoms in total. The molecule has 30 heavy (non-hydrogen) atoms. The molecule has 0 N–H and O–H groups in total. The average Bonchev–Trinajstić information content (AvgIpc) is 3.55. The van der Waals surface area contributed by atoms with Gasteiger partial charge in [-0.25, -0.2) is 9.97 Å². The fraction of sp³-hybridized carbons (Fsp3) is 0.375. The Balaban J connectivity index is 1.68. The third-order valence-corrected chi connectivity index (χ3v) is 6.04. The van der Waals surface area contributed by atoms with E-state index in [1.165, 1.54) is 18.4 Å². The predicted octanol–water partition coefficient (Wildman–Crippen LogP) is 4.56. The van der Waals surface area contributed by atoms with Crippen molar-refractivity contribution in [1.82, 2.24) is 14.9 Å². The minimum Gasteiger partial charge on any atom is -0.497 e. The Labute approximate surface area is 175 Å². The molecule has 2 aliphatic rings. The minimum absolute atomic E-state index is 0.0179. The molecule has 1 fully saturated rings. The Morgan fingerprint density at radius 3 is 2.50 bits per heavy atom. The number of amides is 1. The van der Waals surface area contributed by atoms with Crippen molar-refractivity contribution in [2.45, 2.75) is 45.2 Å². The van der Waals surface area contributed by atoms with Crippen molar-refractivity contribution in [1.29, 1.82) is 0 Å². The number of nitrogens with zero attached hydrogens (tertiary/aromatic N) is 3. The van der Waals surface area contributed by atoms with Crippen LogP contribution in [-0.2, 0) is 6.54 Å². The Hall–Kier alpha value is -3.15. The topological polar surface area (TPSA) is 64.6 Å². The lowest BCUT2D eigenvalue weighted by atomic mass is 10.00. The van der Waals surface area contributed by atoms with Gasteiger partial charge in [-0.05, 0) is 68.5 Å². The van der Waals surface area contributed by atoms with E-state index in [-0.39, 0.29) is 11.9 Å². The van der Waals surface area contributed by atoms with Crippen molar-refractivity contribution in [2.75, 3.05) is 14.2 Å². The van der Waals surface area contributed by atoms with Gasteiger partial charge < -0.3 is 14.4 Å².